The Balaban J connectivity index is 1.52. The predicted octanol–water partition coefficient (Wildman–Crippen LogP) is 6.04. The normalized spacial score (nSPS) is 14.6. The van der Waals surface area contributed by atoms with Crippen molar-refractivity contribution in [3.63, 3.8) is 0 Å². The topological polar surface area (TPSA) is 104 Å². The molecule has 1 heterocycles. The first-order valence-electron chi connectivity index (χ1n) is 11.0. The summed E-state index contributed by atoms with van der Waals surface area (Å²) in [6, 6.07) is 14.3. The minimum atomic E-state index is -0.617. The van der Waals surface area contributed by atoms with Gasteiger partial charge in [-0.15, -0.1) is 16.2 Å². The average molecular weight is 493 g/mol. The summed E-state index contributed by atoms with van der Waals surface area (Å²) < 4.78 is 9.16. The van der Waals surface area contributed by atoms with E-state index in [0.29, 0.717) is 17.1 Å². The van der Waals surface area contributed by atoms with E-state index in [2.05, 4.69) is 39.2 Å². The van der Waals surface area contributed by atoms with E-state index in [9.17, 15) is 15.0 Å². The Bertz CT molecular complexity index is 1250. The average Bonchev–Trinajstić information content (AvgIpc) is 3.49. The van der Waals surface area contributed by atoms with Crippen LogP contribution >= 0.6 is 23.3 Å². The molecule has 0 saturated heterocycles. The molecule has 2 aromatic carbocycles. The molecule has 174 valence electrons. The Kier molecular flexibility index (Phi) is 7.73. The third-order valence-corrected chi connectivity index (χ3v) is 7.44. The molecule has 4 rings (SSSR count). The van der Waals surface area contributed by atoms with E-state index in [0.717, 1.165) is 28.3 Å². The Labute approximate surface area is 206 Å². The molecule has 1 unspecified atom stereocenters. The third-order valence-electron chi connectivity index (χ3n) is 5.50. The van der Waals surface area contributed by atoms with Gasteiger partial charge in [-0.05, 0) is 61.6 Å². The molecule has 0 saturated carbocycles. The van der Waals surface area contributed by atoms with Crippen LogP contribution in [0.1, 0.15) is 49.4 Å². The van der Waals surface area contributed by atoms with Crippen LogP contribution < -0.4 is 9.46 Å². The van der Waals surface area contributed by atoms with E-state index < -0.39 is 5.91 Å². The summed E-state index contributed by atoms with van der Waals surface area (Å²) in [6.07, 6.45) is 3.95. The van der Waals surface area contributed by atoms with Crippen LogP contribution in [0.4, 0.5) is 0 Å². The Morgan fingerprint density at radius 2 is 2.24 bits per heavy atom. The highest BCUT2D eigenvalue weighted by atomic mass is 32.2. The van der Waals surface area contributed by atoms with E-state index in [1.54, 1.807) is 11.3 Å². The number of nitroso groups, excluding NO2 is 1. The molecular weight excluding hydrogens is 468 g/mol. The monoisotopic (exact) mass is 492 g/mol. The van der Waals surface area contributed by atoms with Gasteiger partial charge < -0.3 is 4.74 Å². The fraction of sp³-hybridized carbons (Fsp3) is 0.320. The maximum absolute atomic E-state index is 11.1. The number of amides is 1. The molecule has 3 aromatic rings. The minimum Gasteiger partial charge on any atom is -0.490 e. The summed E-state index contributed by atoms with van der Waals surface area (Å²) in [5.74, 6) is 0.482. The van der Waals surface area contributed by atoms with Crippen LogP contribution in [-0.4, -0.2) is 22.7 Å². The van der Waals surface area contributed by atoms with Gasteiger partial charge in [0, 0.05) is 35.2 Å². The van der Waals surface area contributed by atoms with Gasteiger partial charge in [-0.3, -0.25) is 9.52 Å². The molecule has 0 fully saturated rings. The van der Waals surface area contributed by atoms with Crippen molar-refractivity contribution >= 4 is 29.2 Å². The zero-order chi connectivity index (χ0) is 24.1. The van der Waals surface area contributed by atoms with E-state index in [4.69, 9.17) is 4.74 Å². The Morgan fingerprint density at radius 3 is 3.00 bits per heavy atom. The number of benzene rings is 2. The second-order valence-electron chi connectivity index (χ2n) is 8.18. The number of carbonyl (C=O) groups excluding carboxylic acids is 1. The van der Waals surface area contributed by atoms with Crippen molar-refractivity contribution in [1.82, 2.24) is 9.71 Å². The number of thiazole rings is 1. The summed E-state index contributed by atoms with van der Waals surface area (Å²) in [6.45, 7) is 3.87. The summed E-state index contributed by atoms with van der Waals surface area (Å²) in [7, 11) is 0. The Morgan fingerprint density at radius 1 is 1.38 bits per heavy atom. The number of ether oxygens (including phenoxy) is 1. The molecule has 1 N–H and O–H groups in total. The number of hydrogen-bond donors (Lipinski definition) is 1. The zero-order valence-corrected chi connectivity index (χ0v) is 20.5. The number of nitrogens with one attached hydrogen (secondary N) is 1. The first-order chi connectivity index (χ1) is 16.5. The lowest BCUT2D eigenvalue weighted by Crippen LogP contribution is -2.12. The molecule has 1 amide bonds. The number of fused-ring (bicyclic) bond motifs is 1. The number of nitriles is 1. The molecule has 34 heavy (non-hydrogen) atoms. The van der Waals surface area contributed by atoms with Gasteiger partial charge >= 0.3 is 0 Å². The van der Waals surface area contributed by atoms with Crippen LogP contribution in [-0.2, 0) is 11.2 Å². The van der Waals surface area contributed by atoms with Crippen molar-refractivity contribution < 1.29 is 9.53 Å². The molecule has 1 aliphatic rings. The summed E-state index contributed by atoms with van der Waals surface area (Å²) >= 11 is 3.06. The van der Waals surface area contributed by atoms with Crippen molar-refractivity contribution in [2.75, 3.05) is 5.75 Å². The Hall–Kier alpha value is -3.06. The lowest BCUT2D eigenvalue weighted by atomic mass is 10.0. The van der Waals surface area contributed by atoms with Gasteiger partial charge in [0.25, 0.3) is 5.91 Å². The van der Waals surface area contributed by atoms with E-state index >= 15 is 0 Å². The van der Waals surface area contributed by atoms with Crippen LogP contribution in [0.25, 0.3) is 21.0 Å². The van der Waals surface area contributed by atoms with Gasteiger partial charge in [-0.1, -0.05) is 30.1 Å². The quantitative estimate of drug-likeness (QED) is 0.220. The van der Waals surface area contributed by atoms with Crippen LogP contribution in [0.15, 0.2) is 47.8 Å². The third kappa shape index (κ3) is 5.36. The minimum absolute atomic E-state index is 0.00264. The highest BCUT2D eigenvalue weighted by molar-refractivity contribution is 7.97. The van der Waals surface area contributed by atoms with Crippen molar-refractivity contribution in [2.24, 2.45) is 5.18 Å². The lowest BCUT2D eigenvalue weighted by molar-refractivity contribution is -0.117. The highest BCUT2D eigenvalue weighted by Crippen LogP contribution is 2.41. The first-order valence-corrected chi connectivity index (χ1v) is 12.8. The van der Waals surface area contributed by atoms with Gasteiger partial charge in [0.2, 0.25) is 0 Å². The lowest BCUT2D eigenvalue weighted by Gasteiger charge is -2.13. The predicted molar refractivity (Wildman–Crippen MR) is 136 cm³/mol. The summed E-state index contributed by atoms with van der Waals surface area (Å²) in [5, 5.41) is 12.8. The van der Waals surface area contributed by atoms with Crippen LogP contribution in [0.3, 0.4) is 0 Å². The van der Waals surface area contributed by atoms with Crippen LogP contribution in [0, 0.1) is 16.2 Å². The van der Waals surface area contributed by atoms with E-state index in [1.165, 1.54) is 28.6 Å². The van der Waals surface area contributed by atoms with Crippen molar-refractivity contribution in [2.45, 2.75) is 45.3 Å². The number of hydrogen-bond acceptors (Lipinski definition) is 8. The molecule has 9 heteroatoms. The van der Waals surface area contributed by atoms with Gasteiger partial charge in [0.15, 0.2) is 0 Å². The standard InChI is InChI=1S/C25H24N4O3S2/c1-15(2)32-22-9-6-16(12-17(22)13-26)25-27-14-23(34-25)20-5-3-4-19-18(20)7-8-21(19)29-33-11-10-24(30)28-31/h3-6,9,12,14-15,21,29H,7-8,10-11H2,1-2H3. The molecule has 0 spiro atoms. The second kappa shape index (κ2) is 10.9. The second-order valence-corrected chi connectivity index (χ2v) is 10.1. The largest absolute Gasteiger partial charge is 0.490 e. The first kappa shape index (κ1) is 24.1. The maximum Gasteiger partial charge on any atom is 0.287 e. The van der Waals surface area contributed by atoms with Gasteiger partial charge in [-0.2, -0.15) is 5.26 Å². The smallest absolute Gasteiger partial charge is 0.287 e. The van der Waals surface area contributed by atoms with Crippen LogP contribution in [0.2, 0.25) is 0 Å². The molecule has 1 atom stereocenters. The zero-order valence-electron chi connectivity index (χ0n) is 18.9. The molecule has 0 radical (unpaired) electrons. The number of aromatic nitrogens is 1. The van der Waals surface area contributed by atoms with Crippen molar-refractivity contribution in [3.8, 4) is 32.8 Å². The molecule has 1 aliphatic carbocycles. The van der Waals surface area contributed by atoms with Gasteiger partial charge in [0.05, 0.1) is 16.5 Å². The molecule has 1 aromatic heterocycles. The summed E-state index contributed by atoms with van der Waals surface area (Å²) in [5.41, 5.74) is 5.13. The van der Waals surface area contributed by atoms with E-state index in [-0.39, 0.29) is 18.6 Å². The summed E-state index contributed by atoms with van der Waals surface area (Å²) in [4.78, 5) is 27.0. The SMILES string of the molecule is CC(C)Oc1ccc(-c2ncc(-c3cccc4c3CCC4NSCCC(=O)N=O)s2)cc1C#N. The van der Waals surface area contributed by atoms with Gasteiger partial charge in [0.1, 0.15) is 16.8 Å². The number of nitrogens with zero attached hydrogens (tertiary/aromatic N) is 3. The fourth-order valence-corrected chi connectivity index (χ4v) is 5.80. The fourth-order valence-electron chi connectivity index (χ4n) is 3.99. The number of rotatable bonds is 9. The van der Waals surface area contributed by atoms with E-state index in [1.807, 2.05) is 38.2 Å². The number of carbonyl (C=O) groups is 1. The molecule has 0 aliphatic heterocycles. The van der Waals surface area contributed by atoms with Crippen LogP contribution in [0.5, 0.6) is 5.75 Å². The highest BCUT2D eigenvalue weighted by Gasteiger charge is 2.25. The van der Waals surface area contributed by atoms with Crippen molar-refractivity contribution in [3.05, 3.63) is 64.2 Å². The molecule has 7 nitrogen and oxygen atoms in total. The molecule has 0 bridgehead atoms. The van der Waals surface area contributed by atoms with Gasteiger partial charge in [-0.25, -0.2) is 4.98 Å². The van der Waals surface area contributed by atoms with Crippen molar-refractivity contribution in [1.29, 1.82) is 5.26 Å². The maximum atomic E-state index is 11.1. The molecular formula is C25H24N4O3S2.